The fraction of sp³-hybridized carbons (Fsp3) is 0.267. The first kappa shape index (κ1) is 14.5. The van der Waals surface area contributed by atoms with Crippen molar-refractivity contribution in [3.63, 3.8) is 0 Å². The van der Waals surface area contributed by atoms with E-state index in [1.165, 1.54) is 12.3 Å². The molecule has 0 aliphatic rings. The van der Waals surface area contributed by atoms with E-state index < -0.39 is 0 Å². The molecule has 0 bridgehead atoms. The molecule has 3 heterocycles. The lowest BCUT2D eigenvalue weighted by Gasteiger charge is -2.19. The zero-order valence-electron chi connectivity index (χ0n) is 12.3. The maximum Gasteiger partial charge on any atom is 0.289 e. The van der Waals surface area contributed by atoms with Crippen LogP contribution in [-0.2, 0) is 0 Å². The number of thiophene rings is 1. The lowest BCUT2D eigenvalue weighted by atomic mass is 10.1. The van der Waals surface area contributed by atoms with Crippen LogP contribution in [0.3, 0.4) is 0 Å². The molecular formula is C15H16N4O2S. The highest BCUT2D eigenvalue weighted by molar-refractivity contribution is 7.07. The summed E-state index contributed by atoms with van der Waals surface area (Å²) in [5.74, 6) is -0.0725. The summed E-state index contributed by atoms with van der Waals surface area (Å²) in [5.41, 5.74) is 3.14. The second-order valence-electron chi connectivity index (χ2n) is 5.03. The van der Waals surface area contributed by atoms with Crippen LogP contribution >= 0.6 is 11.3 Å². The van der Waals surface area contributed by atoms with Gasteiger partial charge in [-0.25, -0.2) is 0 Å². The molecule has 1 N–H and O–H groups in total. The van der Waals surface area contributed by atoms with Crippen LogP contribution in [0.1, 0.15) is 33.5 Å². The van der Waals surface area contributed by atoms with Gasteiger partial charge in [0.15, 0.2) is 0 Å². The number of rotatable bonds is 5. The molecule has 6 nitrogen and oxygen atoms in total. The van der Waals surface area contributed by atoms with Crippen LogP contribution in [0.4, 0.5) is 0 Å². The monoisotopic (exact) mass is 316 g/mol. The van der Waals surface area contributed by atoms with Gasteiger partial charge in [0.05, 0.1) is 17.9 Å². The molecule has 0 fully saturated rings. The highest BCUT2D eigenvalue weighted by Crippen LogP contribution is 2.22. The number of hydrogen-bond acceptors (Lipinski definition) is 5. The highest BCUT2D eigenvalue weighted by Gasteiger charge is 2.19. The molecule has 1 unspecified atom stereocenters. The Kier molecular flexibility index (Phi) is 4.06. The van der Waals surface area contributed by atoms with Gasteiger partial charge in [-0.3, -0.25) is 9.48 Å². The fourth-order valence-corrected chi connectivity index (χ4v) is 3.09. The van der Waals surface area contributed by atoms with Gasteiger partial charge in [-0.15, -0.1) is 0 Å². The van der Waals surface area contributed by atoms with Crippen molar-refractivity contribution in [2.24, 2.45) is 0 Å². The maximum absolute atomic E-state index is 12.0. The summed E-state index contributed by atoms with van der Waals surface area (Å²) in [7, 11) is 0. The van der Waals surface area contributed by atoms with Crippen LogP contribution in [0, 0.1) is 13.8 Å². The number of amides is 1. The van der Waals surface area contributed by atoms with E-state index >= 15 is 0 Å². The minimum Gasteiger partial charge on any atom is -0.351 e. The predicted molar refractivity (Wildman–Crippen MR) is 83.0 cm³/mol. The molecule has 22 heavy (non-hydrogen) atoms. The molecule has 0 aliphatic heterocycles. The van der Waals surface area contributed by atoms with Crippen molar-refractivity contribution >= 4 is 17.2 Å². The summed E-state index contributed by atoms with van der Waals surface area (Å²) < 4.78 is 6.81. The van der Waals surface area contributed by atoms with Gasteiger partial charge in [0.2, 0.25) is 5.76 Å². The molecule has 7 heteroatoms. The zero-order chi connectivity index (χ0) is 15.5. The predicted octanol–water partition coefficient (Wildman–Crippen LogP) is 2.57. The van der Waals surface area contributed by atoms with E-state index in [0.717, 1.165) is 17.0 Å². The van der Waals surface area contributed by atoms with Crippen molar-refractivity contribution in [2.75, 3.05) is 6.54 Å². The van der Waals surface area contributed by atoms with Crippen LogP contribution in [0.5, 0.6) is 0 Å². The van der Waals surface area contributed by atoms with Crippen molar-refractivity contribution < 1.29 is 9.32 Å². The molecule has 1 amide bonds. The van der Waals surface area contributed by atoms with Gasteiger partial charge in [0.1, 0.15) is 0 Å². The lowest BCUT2D eigenvalue weighted by Crippen LogP contribution is -2.31. The average molecular weight is 316 g/mol. The van der Waals surface area contributed by atoms with Crippen LogP contribution in [0.15, 0.2) is 39.7 Å². The standard InChI is InChI=1S/C15H16N4O2S/c1-10-7-11(2)19(18-10)13(12-4-6-22-9-12)8-16-15(20)14-3-5-17-21-14/h3-7,9,13H,8H2,1-2H3,(H,16,20). The molecule has 3 aromatic rings. The summed E-state index contributed by atoms with van der Waals surface area (Å²) in [5, 5.41) is 15.1. The molecule has 0 saturated heterocycles. The number of carbonyl (C=O) groups is 1. The summed E-state index contributed by atoms with van der Waals surface area (Å²) in [4.78, 5) is 12.0. The minimum absolute atomic E-state index is 0.0492. The van der Waals surface area contributed by atoms with Crippen LogP contribution < -0.4 is 5.32 Å². The third-order valence-electron chi connectivity index (χ3n) is 3.39. The Balaban J connectivity index is 1.81. The average Bonchev–Trinajstić information content (AvgIpc) is 3.22. The Morgan fingerprint density at radius 3 is 2.91 bits per heavy atom. The van der Waals surface area contributed by atoms with Gasteiger partial charge in [0.25, 0.3) is 5.91 Å². The molecule has 1 atom stereocenters. The highest BCUT2D eigenvalue weighted by atomic mass is 32.1. The number of nitrogens with one attached hydrogen (secondary N) is 1. The van der Waals surface area contributed by atoms with E-state index in [-0.39, 0.29) is 17.7 Å². The van der Waals surface area contributed by atoms with E-state index in [0.29, 0.717) is 6.54 Å². The number of aromatic nitrogens is 3. The largest absolute Gasteiger partial charge is 0.351 e. The molecule has 0 radical (unpaired) electrons. The third kappa shape index (κ3) is 2.94. The van der Waals surface area contributed by atoms with Gasteiger partial charge < -0.3 is 9.84 Å². The SMILES string of the molecule is Cc1cc(C)n(C(CNC(=O)c2ccno2)c2ccsc2)n1. The number of carbonyl (C=O) groups excluding carboxylic acids is 1. The maximum atomic E-state index is 12.0. The van der Waals surface area contributed by atoms with Crippen molar-refractivity contribution in [3.8, 4) is 0 Å². The molecule has 114 valence electrons. The van der Waals surface area contributed by atoms with Gasteiger partial charge in [0, 0.05) is 18.3 Å². The van der Waals surface area contributed by atoms with Crippen molar-refractivity contribution in [2.45, 2.75) is 19.9 Å². The van der Waals surface area contributed by atoms with Gasteiger partial charge in [-0.2, -0.15) is 16.4 Å². The molecule has 3 aromatic heterocycles. The Labute approximate surface area is 131 Å². The molecule has 0 spiro atoms. The lowest BCUT2D eigenvalue weighted by molar-refractivity contribution is 0.0912. The van der Waals surface area contributed by atoms with Crippen molar-refractivity contribution in [1.29, 1.82) is 0 Å². The fourth-order valence-electron chi connectivity index (χ4n) is 2.38. The number of aryl methyl sites for hydroxylation is 2. The quantitative estimate of drug-likeness (QED) is 0.785. The normalized spacial score (nSPS) is 12.3. The van der Waals surface area contributed by atoms with E-state index in [4.69, 9.17) is 4.52 Å². The Bertz CT molecular complexity index is 747. The summed E-state index contributed by atoms with van der Waals surface area (Å²) in [6.45, 7) is 4.40. The third-order valence-corrected chi connectivity index (χ3v) is 4.09. The number of nitrogens with zero attached hydrogens (tertiary/aromatic N) is 3. The summed E-state index contributed by atoms with van der Waals surface area (Å²) in [6, 6.07) is 5.56. The van der Waals surface area contributed by atoms with Gasteiger partial charge in [-0.05, 0) is 42.3 Å². The molecule has 0 saturated carbocycles. The first-order chi connectivity index (χ1) is 10.6. The first-order valence-electron chi connectivity index (χ1n) is 6.89. The molecule has 3 rings (SSSR count). The second-order valence-corrected chi connectivity index (χ2v) is 5.81. The summed E-state index contributed by atoms with van der Waals surface area (Å²) >= 11 is 1.62. The summed E-state index contributed by atoms with van der Waals surface area (Å²) in [6.07, 6.45) is 1.45. The zero-order valence-corrected chi connectivity index (χ0v) is 13.1. The Morgan fingerprint density at radius 1 is 1.45 bits per heavy atom. The first-order valence-corrected chi connectivity index (χ1v) is 7.83. The van der Waals surface area contributed by atoms with Gasteiger partial charge >= 0.3 is 0 Å². The van der Waals surface area contributed by atoms with Crippen molar-refractivity contribution in [3.05, 3.63) is 57.9 Å². The Morgan fingerprint density at radius 2 is 2.32 bits per heavy atom. The molecule has 0 aromatic carbocycles. The van der Waals surface area contributed by atoms with E-state index in [2.05, 4.69) is 21.0 Å². The Hall–Kier alpha value is -2.41. The molecule has 0 aliphatic carbocycles. The van der Waals surface area contributed by atoms with E-state index in [9.17, 15) is 4.79 Å². The van der Waals surface area contributed by atoms with Crippen LogP contribution in [-0.4, -0.2) is 27.4 Å². The van der Waals surface area contributed by atoms with E-state index in [1.807, 2.05) is 36.0 Å². The van der Waals surface area contributed by atoms with Gasteiger partial charge in [-0.1, -0.05) is 5.16 Å². The van der Waals surface area contributed by atoms with Crippen LogP contribution in [0.25, 0.3) is 0 Å². The topological polar surface area (TPSA) is 73.0 Å². The minimum atomic E-state index is -0.278. The number of hydrogen-bond donors (Lipinski definition) is 1. The van der Waals surface area contributed by atoms with Crippen LogP contribution in [0.2, 0.25) is 0 Å². The second kappa shape index (κ2) is 6.15. The van der Waals surface area contributed by atoms with Crippen molar-refractivity contribution in [1.82, 2.24) is 20.3 Å². The molecular weight excluding hydrogens is 300 g/mol. The smallest absolute Gasteiger partial charge is 0.289 e. The van der Waals surface area contributed by atoms with E-state index in [1.54, 1.807) is 11.3 Å².